The Morgan fingerprint density at radius 1 is 1.35 bits per heavy atom. The smallest absolute Gasteiger partial charge is 0.262 e. The third kappa shape index (κ3) is 2.22. The van der Waals surface area contributed by atoms with Crippen LogP contribution in [0.15, 0.2) is 11.6 Å². The quantitative estimate of drug-likeness (QED) is 0.582. The van der Waals surface area contributed by atoms with Gasteiger partial charge in [-0.2, -0.15) is 0 Å². The van der Waals surface area contributed by atoms with Crippen LogP contribution >= 0.6 is 0 Å². The van der Waals surface area contributed by atoms with Crippen LogP contribution in [-0.2, 0) is 14.8 Å². The van der Waals surface area contributed by atoms with Crippen molar-refractivity contribution in [2.24, 2.45) is 16.7 Å². The average molecular weight is 340 g/mol. The molecule has 0 N–H and O–H groups in total. The summed E-state index contributed by atoms with van der Waals surface area (Å²) in [4.78, 5) is 12.9. The summed E-state index contributed by atoms with van der Waals surface area (Å²) in [5, 5.41) is 0. The zero-order valence-electron chi connectivity index (χ0n) is 14.8. The van der Waals surface area contributed by atoms with Gasteiger partial charge in [0.25, 0.3) is 5.91 Å². The lowest BCUT2D eigenvalue weighted by molar-refractivity contribution is -0.125. The minimum atomic E-state index is -3.49. The summed E-state index contributed by atoms with van der Waals surface area (Å²) in [6, 6.07) is -0.122. The first-order chi connectivity index (χ1) is 10.7. The number of hydrogen-bond acceptors (Lipinski definition) is 3. The molecule has 5 heteroatoms. The van der Waals surface area contributed by atoms with Crippen LogP contribution < -0.4 is 0 Å². The molecule has 0 unspecified atom stereocenters. The highest BCUT2D eigenvalue weighted by molar-refractivity contribution is 7.90. The second kappa shape index (κ2) is 5.33. The standard InChI is InChI=1S/C18H29NO3S/c1-5-6-7-8-13(2)16(20)19-15-11-14-9-10-18(15,17(14,3)4)12-23(19,21)22/h8,14-15H,5-7,9-12H2,1-4H3/b13-8+/t14-,15-,18-/m0/s1. The van der Waals surface area contributed by atoms with E-state index in [4.69, 9.17) is 0 Å². The number of amides is 1. The topological polar surface area (TPSA) is 54.5 Å². The number of carbonyl (C=O) groups is 1. The predicted octanol–water partition coefficient (Wildman–Crippen LogP) is 3.49. The first-order valence-corrected chi connectivity index (χ1v) is 10.5. The number of fused-ring (bicyclic) bond motifs is 1. The molecule has 3 rings (SSSR count). The molecule has 0 aromatic carbocycles. The summed E-state index contributed by atoms with van der Waals surface area (Å²) in [6.45, 7) is 8.28. The monoisotopic (exact) mass is 339 g/mol. The molecule has 1 heterocycles. The molecule has 0 aromatic rings. The molecular formula is C18H29NO3S. The van der Waals surface area contributed by atoms with Gasteiger partial charge >= 0.3 is 0 Å². The summed E-state index contributed by atoms with van der Waals surface area (Å²) in [6.07, 6.45) is 7.74. The van der Waals surface area contributed by atoms with Gasteiger partial charge in [0, 0.05) is 11.0 Å². The number of hydrogen-bond donors (Lipinski definition) is 0. The van der Waals surface area contributed by atoms with Gasteiger partial charge < -0.3 is 0 Å². The maximum atomic E-state index is 12.9. The van der Waals surface area contributed by atoms with Crippen LogP contribution in [0, 0.1) is 16.7 Å². The van der Waals surface area contributed by atoms with E-state index in [1.54, 1.807) is 6.92 Å². The first kappa shape index (κ1) is 17.0. The number of unbranched alkanes of at least 4 members (excludes halogenated alkanes) is 2. The first-order valence-electron chi connectivity index (χ1n) is 8.90. The van der Waals surface area contributed by atoms with Gasteiger partial charge in [-0.05, 0) is 43.9 Å². The molecule has 3 aliphatic rings. The van der Waals surface area contributed by atoms with E-state index in [0.29, 0.717) is 11.5 Å². The lowest BCUT2D eigenvalue weighted by Gasteiger charge is -2.37. The van der Waals surface area contributed by atoms with Crippen molar-refractivity contribution >= 4 is 15.9 Å². The van der Waals surface area contributed by atoms with Crippen LogP contribution in [0.25, 0.3) is 0 Å². The van der Waals surface area contributed by atoms with E-state index in [9.17, 15) is 13.2 Å². The third-order valence-corrected chi connectivity index (χ3v) is 8.86. The highest BCUT2D eigenvalue weighted by atomic mass is 32.2. The fraction of sp³-hybridized carbons (Fsp3) is 0.833. The van der Waals surface area contributed by atoms with Gasteiger partial charge in [-0.15, -0.1) is 0 Å². The van der Waals surface area contributed by atoms with Crippen LogP contribution in [0.3, 0.4) is 0 Å². The molecule has 2 bridgehead atoms. The van der Waals surface area contributed by atoms with Crippen molar-refractivity contribution < 1.29 is 13.2 Å². The molecule has 0 radical (unpaired) electrons. The van der Waals surface area contributed by atoms with Crippen LogP contribution in [0.4, 0.5) is 0 Å². The molecule has 1 spiro atoms. The lowest BCUT2D eigenvalue weighted by atomic mass is 9.69. The fourth-order valence-electron chi connectivity index (χ4n) is 5.34. The average Bonchev–Trinajstić information content (AvgIpc) is 2.93. The van der Waals surface area contributed by atoms with Gasteiger partial charge in [-0.3, -0.25) is 4.79 Å². The summed E-state index contributed by atoms with van der Waals surface area (Å²) in [5.41, 5.74) is 0.370. The van der Waals surface area contributed by atoms with E-state index in [1.165, 1.54) is 4.31 Å². The third-order valence-electron chi connectivity index (χ3n) is 6.96. The van der Waals surface area contributed by atoms with E-state index in [2.05, 4.69) is 20.8 Å². The molecule has 1 saturated heterocycles. The Morgan fingerprint density at radius 3 is 2.65 bits per heavy atom. The Bertz CT molecular complexity index is 649. The molecule has 130 valence electrons. The maximum Gasteiger partial charge on any atom is 0.262 e. The highest BCUT2D eigenvalue weighted by Gasteiger charge is 2.72. The van der Waals surface area contributed by atoms with E-state index in [0.717, 1.165) is 38.5 Å². The molecule has 0 aromatic heterocycles. The molecule has 3 fully saturated rings. The molecule has 1 amide bonds. The van der Waals surface area contributed by atoms with Gasteiger partial charge in [0.1, 0.15) is 0 Å². The van der Waals surface area contributed by atoms with Gasteiger partial charge in [0.15, 0.2) is 0 Å². The molecule has 1 aliphatic heterocycles. The number of rotatable bonds is 4. The number of nitrogens with zero attached hydrogens (tertiary/aromatic N) is 1. The van der Waals surface area contributed by atoms with Gasteiger partial charge in [0.05, 0.1) is 11.8 Å². The Balaban J connectivity index is 1.92. The van der Waals surface area contributed by atoms with E-state index in [-0.39, 0.29) is 28.5 Å². The van der Waals surface area contributed by atoms with Gasteiger partial charge in [-0.25, -0.2) is 12.7 Å². The van der Waals surface area contributed by atoms with Crippen molar-refractivity contribution in [1.29, 1.82) is 0 Å². The van der Waals surface area contributed by atoms with E-state index < -0.39 is 10.0 Å². The summed E-state index contributed by atoms with van der Waals surface area (Å²) in [7, 11) is -3.49. The Hall–Kier alpha value is -0.840. The fourth-order valence-corrected chi connectivity index (χ4v) is 7.91. The molecule has 4 nitrogen and oxygen atoms in total. The summed E-state index contributed by atoms with van der Waals surface area (Å²) < 4.78 is 26.9. The lowest BCUT2D eigenvalue weighted by Crippen LogP contribution is -2.44. The molecule has 2 saturated carbocycles. The van der Waals surface area contributed by atoms with E-state index >= 15 is 0 Å². The SMILES string of the molecule is CCCC/C=C(\C)C(=O)N1[C@H]2C[C@@H]3CC[C@@]2(CS1(=O)=O)C3(C)C. The minimum Gasteiger partial charge on any atom is -0.268 e. The number of sulfonamides is 1. The molecule has 23 heavy (non-hydrogen) atoms. The minimum absolute atomic E-state index is 0.0135. The number of allylic oxidation sites excluding steroid dienone is 1. The zero-order chi connectivity index (χ0) is 17.0. The van der Waals surface area contributed by atoms with Gasteiger partial charge in [0.2, 0.25) is 10.0 Å². The van der Waals surface area contributed by atoms with Crippen LogP contribution in [0.5, 0.6) is 0 Å². The van der Waals surface area contributed by atoms with Crippen molar-refractivity contribution in [3.05, 3.63) is 11.6 Å². The Kier molecular flexibility index (Phi) is 3.94. The van der Waals surface area contributed by atoms with Crippen molar-refractivity contribution in [3.63, 3.8) is 0 Å². The van der Waals surface area contributed by atoms with Crippen molar-refractivity contribution in [3.8, 4) is 0 Å². The zero-order valence-corrected chi connectivity index (χ0v) is 15.6. The van der Waals surface area contributed by atoms with Crippen molar-refractivity contribution in [2.75, 3.05) is 5.75 Å². The molecule has 3 atom stereocenters. The maximum absolute atomic E-state index is 12.9. The Morgan fingerprint density at radius 2 is 2.04 bits per heavy atom. The Labute approximate surface area is 140 Å². The van der Waals surface area contributed by atoms with Crippen LogP contribution in [0.2, 0.25) is 0 Å². The van der Waals surface area contributed by atoms with Crippen molar-refractivity contribution in [2.45, 2.75) is 72.3 Å². The highest BCUT2D eigenvalue weighted by Crippen LogP contribution is 2.70. The van der Waals surface area contributed by atoms with Crippen LogP contribution in [0.1, 0.15) is 66.2 Å². The normalized spacial score (nSPS) is 37.2. The predicted molar refractivity (Wildman–Crippen MR) is 91.3 cm³/mol. The van der Waals surface area contributed by atoms with E-state index in [1.807, 2.05) is 6.08 Å². The number of carbonyl (C=O) groups excluding carboxylic acids is 1. The summed E-state index contributed by atoms with van der Waals surface area (Å²) >= 11 is 0. The van der Waals surface area contributed by atoms with Gasteiger partial charge in [-0.1, -0.05) is 39.7 Å². The summed E-state index contributed by atoms with van der Waals surface area (Å²) in [5.74, 6) is 0.413. The second-order valence-corrected chi connectivity index (χ2v) is 10.1. The molecular weight excluding hydrogens is 310 g/mol. The van der Waals surface area contributed by atoms with Crippen molar-refractivity contribution in [1.82, 2.24) is 4.31 Å². The largest absolute Gasteiger partial charge is 0.268 e. The second-order valence-electron chi connectivity index (χ2n) is 8.25. The van der Waals surface area contributed by atoms with Crippen LogP contribution in [-0.4, -0.2) is 30.4 Å². The molecule has 2 aliphatic carbocycles.